The number of aryl methyl sites for hydroxylation is 1. The SMILES string of the molecule is Cc1ccc(Cl)cc1-n1nc(O[C@@H](C)C(=O)NC2CCCCC2)ccc1=O. The Balaban J connectivity index is 1.74. The molecule has 3 rings (SSSR count). The number of carbonyl (C=O) groups is 1. The first-order valence-electron chi connectivity index (χ1n) is 9.28. The summed E-state index contributed by atoms with van der Waals surface area (Å²) >= 11 is 6.05. The van der Waals surface area contributed by atoms with Crippen LogP contribution in [0.4, 0.5) is 0 Å². The second-order valence-corrected chi connectivity index (χ2v) is 7.39. The van der Waals surface area contributed by atoms with Crippen LogP contribution in [0.3, 0.4) is 0 Å². The van der Waals surface area contributed by atoms with Gasteiger partial charge in [0, 0.05) is 23.2 Å². The third-order valence-electron chi connectivity index (χ3n) is 4.79. The van der Waals surface area contributed by atoms with Crippen molar-refractivity contribution in [1.82, 2.24) is 15.1 Å². The number of carbonyl (C=O) groups excluding carboxylic acids is 1. The van der Waals surface area contributed by atoms with E-state index >= 15 is 0 Å². The predicted octanol–water partition coefficient (Wildman–Crippen LogP) is 3.41. The Labute approximate surface area is 163 Å². The van der Waals surface area contributed by atoms with Crippen molar-refractivity contribution in [2.24, 2.45) is 0 Å². The predicted molar refractivity (Wildman–Crippen MR) is 105 cm³/mol. The second kappa shape index (κ2) is 8.57. The van der Waals surface area contributed by atoms with Gasteiger partial charge in [-0.1, -0.05) is 36.9 Å². The number of aromatic nitrogens is 2. The molecule has 0 spiro atoms. The number of ether oxygens (including phenoxy) is 1. The number of halogens is 1. The smallest absolute Gasteiger partial charge is 0.271 e. The summed E-state index contributed by atoms with van der Waals surface area (Å²) in [6.07, 6.45) is 4.83. The van der Waals surface area contributed by atoms with Crippen LogP contribution in [0.5, 0.6) is 5.88 Å². The van der Waals surface area contributed by atoms with Gasteiger partial charge in [-0.15, -0.1) is 5.10 Å². The van der Waals surface area contributed by atoms with E-state index in [0.29, 0.717) is 10.7 Å². The van der Waals surface area contributed by atoms with E-state index in [-0.39, 0.29) is 23.4 Å². The average Bonchev–Trinajstić information content (AvgIpc) is 2.66. The van der Waals surface area contributed by atoms with Crippen LogP contribution in [0, 0.1) is 6.92 Å². The third kappa shape index (κ3) is 4.89. The third-order valence-corrected chi connectivity index (χ3v) is 5.03. The van der Waals surface area contributed by atoms with E-state index in [1.807, 2.05) is 13.0 Å². The van der Waals surface area contributed by atoms with Gasteiger partial charge in [0.05, 0.1) is 5.69 Å². The number of benzene rings is 1. The van der Waals surface area contributed by atoms with Gasteiger partial charge in [0.2, 0.25) is 5.88 Å². The molecular formula is C20H24ClN3O3. The van der Waals surface area contributed by atoms with Crippen LogP contribution >= 0.6 is 11.6 Å². The minimum atomic E-state index is -0.703. The first-order chi connectivity index (χ1) is 12.9. The highest BCUT2D eigenvalue weighted by molar-refractivity contribution is 6.30. The number of nitrogens with zero attached hydrogens (tertiary/aromatic N) is 2. The molecule has 0 aliphatic heterocycles. The summed E-state index contributed by atoms with van der Waals surface area (Å²) in [5, 5.41) is 7.80. The Kier molecular flexibility index (Phi) is 6.16. The normalized spacial score (nSPS) is 16.0. The van der Waals surface area contributed by atoms with Crippen molar-refractivity contribution in [1.29, 1.82) is 0 Å². The van der Waals surface area contributed by atoms with E-state index in [0.717, 1.165) is 31.2 Å². The first kappa shape index (κ1) is 19.4. The lowest BCUT2D eigenvalue weighted by molar-refractivity contribution is -0.128. The Morgan fingerprint density at radius 3 is 2.74 bits per heavy atom. The molecule has 1 atom stereocenters. The van der Waals surface area contributed by atoms with Crippen molar-refractivity contribution < 1.29 is 9.53 Å². The molecule has 27 heavy (non-hydrogen) atoms. The summed E-state index contributed by atoms with van der Waals surface area (Å²) in [6.45, 7) is 3.55. The molecule has 7 heteroatoms. The van der Waals surface area contributed by atoms with E-state index in [9.17, 15) is 9.59 Å². The Morgan fingerprint density at radius 2 is 2.00 bits per heavy atom. The van der Waals surface area contributed by atoms with Crippen LogP contribution in [0.25, 0.3) is 5.69 Å². The van der Waals surface area contributed by atoms with Gasteiger partial charge in [0.1, 0.15) is 0 Å². The van der Waals surface area contributed by atoms with Crippen molar-refractivity contribution >= 4 is 17.5 Å². The quantitative estimate of drug-likeness (QED) is 0.850. The summed E-state index contributed by atoms with van der Waals surface area (Å²) in [4.78, 5) is 24.6. The van der Waals surface area contributed by atoms with Crippen molar-refractivity contribution in [3.8, 4) is 11.6 Å². The summed E-state index contributed by atoms with van der Waals surface area (Å²) < 4.78 is 6.93. The molecule has 144 valence electrons. The van der Waals surface area contributed by atoms with Gasteiger partial charge >= 0.3 is 0 Å². The van der Waals surface area contributed by atoms with Gasteiger partial charge in [-0.2, -0.15) is 4.68 Å². The minimum Gasteiger partial charge on any atom is -0.464 e. The zero-order valence-electron chi connectivity index (χ0n) is 15.6. The van der Waals surface area contributed by atoms with E-state index in [1.165, 1.54) is 23.2 Å². The topological polar surface area (TPSA) is 73.2 Å². The Hall–Kier alpha value is -2.34. The zero-order valence-corrected chi connectivity index (χ0v) is 16.3. The maximum atomic E-state index is 12.4. The highest BCUT2D eigenvalue weighted by Crippen LogP contribution is 2.19. The fourth-order valence-electron chi connectivity index (χ4n) is 3.24. The molecule has 0 bridgehead atoms. The van der Waals surface area contributed by atoms with Crippen molar-refractivity contribution in [3.05, 3.63) is 51.3 Å². The molecule has 1 fully saturated rings. The van der Waals surface area contributed by atoms with Gasteiger partial charge in [-0.05, 0) is 44.4 Å². The van der Waals surface area contributed by atoms with Crippen LogP contribution in [-0.4, -0.2) is 27.8 Å². The van der Waals surface area contributed by atoms with E-state index < -0.39 is 6.10 Å². The lowest BCUT2D eigenvalue weighted by atomic mass is 9.95. The molecule has 1 heterocycles. The maximum Gasteiger partial charge on any atom is 0.271 e. The largest absolute Gasteiger partial charge is 0.464 e. The molecule has 2 aromatic rings. The monoisotopic (exact) mass is 389 g/mol. The van der Waals surface area contributed by atoms with Crippen molar-refractivity contribution in [2.45, 2.75) is 58.1 Å². The van der Waals surface area contributed by atoms with Crippen LogP contribution in [0.1, 0.15) is 44.6 Å². The number of hydrogen-bond acceptors (Lipinski definition) is 4. The van der Waals surface area contributed by atoms with Crippen LogP contribution < -0.4 is 15.6 Å². The molecule has 1 amide bonds. The second-order valence-electron chi connectivity index (χ2n) is 6.96. The van der Waals surface area contributed by atoms with Crippen LogP contribution in [-0.2, 0) is 4.79 Å². The molecule has 6 nitrogen and oxygen atoms in total. The van der Waals surface area contributed by atoms with Gasteiger partial charge < -0.3 is 10.1 Å². The van der Waals surface area contributed by atoms with Gasteiger partial charge in [-0.25, -0.2) is 0 Å². The Morgan fingerprint density at radius 1 is 1.26 bits per heavy atom. The maximum absolute atomic E-state index is 12.4. The highest BCUT2D eigenvalue weighted by Gasteiger charge is 2.21. The van der Waals surface area contributed by atoms with E-state index in [4.69, 9.17) is 16.3 Å². The number of hydrogen-bond donors (Lipinski definition) is 1. The Bertz CT molecular complexity index is 875. The number of amides is 1. The zero-order chi connectivity index (χ0) is 19.4. The number of nitrogens with one attached hydrogen (secondary N) is 1. The fraction of sp³-hybridized carbons (Fsp3) is 0.450. The molecule has 0 unspecified atom stereocenters. The van der Waals surface area contributed by atoms with E-state index in [2.05, 4.69) is 10.4 Å². The average molecular weight is 390 g/mol. The van der Waals surface area contributed by atoms with Crippen molar-refractivity contribution in [3.63, 3.8) is 0 Å². The highest BCUT2D eigenvalue weighted by atomic mass is 35.5. The van der Waals surface area contributed by atoms with Crippen LogP contribution in [0.2, 0.25) is 5.02 Å². The lowest BCUT2D eigenvalue weighted by Gasteiger charge is -2.24. The van der Waals surface area contributed by atoms with Gasteiger partial charge in [0.25, 0.3) is 11.5 Å². The molecule has 1 aliphatic carbocycles. The molecule has 1 aromatic heterocycles. The summed E-state index contributed by atoms with van der Waals surface area (Å²) in [7, 11) is 0. The molecule has 0 radical (unpaired) electrons. The molecule has 1 saturated carbocycles. The summed E-state index contributed by atoms with van der Waals surface area (Å²) in [5.41, 5.74) is 1.14. The first-order valence-corrected chi connectivity index (χ1v) is 9.66. The van der Waals surface area contributed by atoms with Gasteiger partial charge in [0.15, 0.2) is 6.10 Å². The molecule has 1 N–H and O–H groups in total. The summed E-state index contributed by atoms with van der Waals surface area (Å²) in [6, 6.07) is 8.31. The molecule has 1 aromatic carbocycles. The molecular weight excluding hydrogens is 366 g/mol. The minimum absolute atomic E-state index is 0.166. The van der Waals surface area contributed by atoms with Crippen molar-refractivity contribution in [2.75, 3.05) is 0 Å². The molecule has 0 saturated heterocycles. The standard InChI is InChI=1S/C20H24ClN3O3/c1-13-8-9-15(21)12-17(13)24-19(25)11-10-18(23-24)27-14(2)20(26)22-16-6-4-3-5-7-16/h8-12,14,16H,3-7H2,1-2H3,(H,22,26)/t14-/m0/s1. The summed E-state index contributed by atoms with van der Waals surface area (Å²) in [5.74, 6) is 0.0423. The molecule has 1 aliphatic rings. The van der Waals surface area contributed by atoms with E-state index in [1.54, 1.807) is 19.1 Å². The fourth-order valence-corrected chi connectivity index (χ4v) is 3.41. The van der Waals surface area contributed by atoms with Crippen LogP contribution in [0.15, 0.2) is 35.1 Å². The lowest BCUT2D eigenvalue weighted by Crippen LogP contribution is -2.43. The number of rotatable bonds is 5. The van der Waals surface area contributed by atoms with Gasteiger partial charge in [-0.3, -0.25) is 9.59 Å².